The summed E-state index contributed by atoms with van der Waals surface area (Å²) in [5, 5.41) is 0. The molecule has 2 aromatic carbocycles. The van der Waals surface area contributed by atoms with Crippen molar-refractivity contribution in [1.29, 1.82) is 0 Å². The Morgan fingerprint density at radius 1 is 1.14 bits per heavy atom. The summed E-state index contributed by atoms with van der Waals surface area (Å²) < 4.78 is 23.3. The van der Waals surface area contributed by atoms with Gasteiger partial charge in [0.25, 0.3) is 5.91 Å². The van der Waals surface area contributed by atoms with E-state index in [2.05, 4.69) is 0 Å². The fourth-order valence-corrected chi connectivity index (χ4v) is 3.54. The van der Waals surface area contributed by atoms with Gasteiger partial charge in [-0.2, -0.15) is 0 Å². The standard InChI is InChI=1S/C17H17NO3S/c1-12-10-13-6-3-4-9-16(13)18(12)17(19)14-7-5-8-15(11-14)22(2,20)21/h3-9,11-12H,10H2,1-2H3. The molecule has 1 unspecified atom stereocenters. The monoisotopic (exact) mass is 315 g/mol. The van der Waals surface area contributed by atoms with Crippen LogP contribution in [-0.2, 0) is 16.3 Å². The van der Waals surface area contributed by atoms with E-state index in [4.69, 9.17) is 0 Å². The Labute approximate surface area is 130 Å². The van der Waals surface area contributed by atoms with Crippen molar-refractivity contribution in [3.63, 3.8) is 0 Å². The molecular weight excluding hydrogens is 298 g/mol. The van der Waals surface area contributed by atoms with Crippen molar-refractivity contribution in [2.45, 2.75) is 24.3 Å². The number of rotatable bonds is 2. The van der Waals surface area contributed by atoms with Gasteiger partial charge in [0.2, 0.25) is 0 Å². The second-order valence-electron chi connectivity index (χ2n) is 5.66. The lowest BCUT2D eigenvalue weighted by Gasteiger charge is -2.23. The first-order chi connectivity index (χ1) is 10.4. The molecule has 1 amide bonds. The van der Waals surface area contributed by atoms with Crippen molar-refractivity contribution < 1.29 is 13.2 Å². The Morgan fingerprint density at radius 3 is 2.59 bits per heavy atom. The van der Waals surface area contributed by atoms with Crippen LogP contribution in [0.2, 0.25) is 0 Å². The van der Waals surface area contributed by atoms with Crippen LogP contribution in [0.5, 0.6) is 0 Å². The van der Waals surface area contributed by atoms with Crippen LogP contribution >= 0.6 is 0 Å². The number of para-hydroxylation sites is 1. The number of amides is 1. The molecule has 0 aliphatic carbocycles. The Kier molecular flexibility index (Phi) is 3.53. The van der Waals surface area contributed by atoms with E-state index in [1.807, 2.05) is 31.2 Å². The summed E-state index contributed by atoms with van der Waals surface area (Å²) in [6, 6.07) is 14.1. The zero-order chi connectivity index (χ0) is 15.9. The van der Waals surface area contributed by atoms with Gasteiger partial charge in [0.05, 0.1) is 4.90 Å². The molecule has 1 aliphatic heterocycles. The predicted octanol–water partition coefficient (Wildman–Crippen LogP) is 2.68. The molecule has 2 aromatic rings. The van der Waals surface area contributed by atoms with Crippen LogP contribution in [0.1, 0.15) is 22.8 Å². The molecule has 0 saturated heterocycles. The van der Waals surface area contributed by atoms with E-state index >= 15 is 0 Å². The molecule has 0 bridgehead atoms. The largest absolute Gasteiger partial charge is 0.305 e. The van der Waals surface area contributed by atoms with Crippen molar-refractivity contribution in [2.24, 2.45) is 0 Å². The van der Waals surface area contributed by atoms with Crippen LogP contribution < -0.4 is 4.90 Å². The number of hydrogen-bond acceptors (Lipinski definition) is 3. The van der Waals surface area contributed by atoms with Crippen molar-refractivity contribution in [1.82, 2.24) is 0 Å². The van der Waals surface area contributed by atoms with Gasteiger partial charge in [-0.1, -0.05) is 24.3 Å². The molecule has 3 rings (SSSR count). The summed E-state index contributed by atoms with van der Waals surface area (Å²) in [5.41, 5.74) is 2.44. The highest BCUT2D eigenvalue weighted by molar-refractivity contribution is 7.90. The molecule has 0 aromatic heterocycles. The highest BCUT2D eigenvalue weighted by Gasteiger charge is 2.31. The van der Waals surface area contributed by atoms with E-state index < -0.39 is 9.84 Å². The van der Waals surface area contributed by atoms with Crippen LogP contribution in [0, 0.1) is 0 Å². The van der Waals surface area contributed by atoms with Gasteiger partial charge in [0.15, 0.2) is 9.84 Å². The summed E-state index contributed by atoms with van der Waals surface area (Å²) in [5.74, 6) is -0.164. The van der Waals surface area contributed by atoms with Crippen LogP contribution in [0.25, 0.3) is 0 Å². The number of fused-ring (bicyclic) bond motifs is 1. The molecule has 114 valence electrons. The zero-order valence-electron chi connectivity index (χ0n) is 12.5. The molecule has 4 nitrogen and oxygen atoms in total. The summed E-state index contributed by atoms with van der Waals surface area (Å²) in [7, 11) is -3.33. The van der Waals surface area contributed by atoms with E-state index in [-0.39, 0.29) is 16.8 Å². The van der Waals surface area contributed by atoms with Gasteiger partial charge in [0.1, 0.15) is 0 Å². The summed E-state index contributed by atoms with van der Waals surface area (Å²) in [6.45, 7) is 2.00. The number of anilines is 1. The van der Waals surface area contributed by atoms with Gasteiger partial charge < -0.3 is 4.90 Å². The number of sulfone groups is 1. The van der Waals surface area contributed by atoms with Gasteiger partial charge in [-0.25, -0.2) is 8.42 Å². The Morgan fingerprint density at radius 2 is 1.86 bits per heavy atom. The number of benzene rings is 2. The molecule has 22 heavy (non-hydrogen) atoms. The molecule has 0 saturated carbocycles. The molecule has 0 N–H and O–H groups in total. The number of nitrogens with zero attached hydrogens (tertiary/aromatic N) is 1. The molecule has 5 heteroatoms. The maximum absolute atomic E-state index is 12.8. The van der Waals surface area contributed by atoms with Gasteiger partial charge in [-0.05, 0) is 43.2 Å². The minimum absolute atomic E-state index is 0.0618. The smallest absolute Gasteiger partial charge is 0.258 e. The average molecular weight is 315 g/mol. The minimum Gasteiger partial charge on any atom is -0.305 e. The van der Waals surface area contributed by atoms with E-state index in [9.17, 15) is 13.2 Å². The van der Waals surface area contributed by atoms with Crippen molar-refractivity contribution in [2.75, 3.05) is 11.2 Å². The lowest BCUT2D eigenvalue weighted by molar-refractivity contribution is 0.0981. The quantitative estimate of drug-likeness (QED) is 0.856. The van der Waals surface area contributed by atoms with E-state index in [1.54, 1.807) is 17.0 Å². The molecular formula is C17H17NO3S. The third kappa shape index (κ3) is 2.52. The SMILES string of the molecule is CC1Cc2ccccc2N1C(=O)c1cccc(S(C)(=O)=O)c1. The Hall–Kier alpha value is -2.14. The molecule has 0 spiro atoms. The van der Waals surface area contributed by atoms with Crippen molar-refractivity contribution in [3.8, 4) is 0 Å². The zero-order valence-corrected chi connectivity index (χ0v) is 13.3. The Bertz CT molecular complexity index is 842. The summed E-state index contributed by atoms with van der Waals surface area (Å²) in [6.07, 6.45) is 1.96. The van der Waals surface area contributed by atoms with Gasteiger partial charge in [0, 0.05) is 23.5 Å². The van der Waals surface area contributed by atoms with Gasteiger partial charge >= 0.3 is 0 Å². The second kappa shape index (κ2) is 5.25. The molecule has 1 heterocycles. The lowest BCUT2D eigenvalue weighted by Crippen LogP contribution is -2.35. The number of carbonyl (C=O) groups excluding carboxylic acids is 1. The minimum atomic E-state index is -3.33. The molecule has 0 fully saturated rings. The van der Waals surface area contributed by atoms with Crippen LogP contribution in [0.3, 0.4) is 0 Å². The second-order valence-corrected chi connectivity index (χ2v) is 7.67. The van der Waals surface area contributed by atoms with Gasteiger partial charge in [-0.15, -0.1) is 0 Å². The Balaban J connectivity index is 2.02. The third-order valence-electron chi connectivity index (χ3n) is 3.94. The fourth-order valence-electron chi connectivity index (χ4n) is 2.87. The number of hydrogen-bond donors (Lipinski definition) is 0. The average Bonchev–Trinajstić information content (AvgIpc) is 2.81. The van der Waals surface area contributed by atoms with Crippen LogP contribution in [0.4, 0.5) is 5.69 Å². The highest BCUT2D eigenvalue weighted by atomic mass is 32.2. The fraction of sp³-hybridized carbons (Fsp3) is 0.235. The first-order valence-electron chi connectivity index (χ1n) is 7.09. The molecule has 0 radical (unpaired) electrons. The molecule has 1 atom stereocenters. The van der Waals surface area contributed by atoms with E-state index in [0.717, 1.165) is 23.9 Å². The van der Waals surface area contributed by atoms with Crippen LogP contribution in [-0.4, -0.2) is 26.6 Å². The lowest BCUT2D eigenvalue weighted by atomic mass is 10.1. The van der Waals surface area contributed by atoms with Crippen LogP contribution in [0.15, 0.2) is 53.4 Å². The van der Waals surface area contributed by atoms with Crippen molar-refractivity contribution >= 4 is 21.4 Å². The first-order valence-corrected chi connectivity index (χ1v) is 8.98. The maximum atomic E-state index is 12.8. The number of carbonyl (C=O) groups is 1. The normalized spacial score (nSPS) is 17.4. The molecule has 1 aliphatic rings. The predicted molar refractivity (Wildman–Crippen MR) is 86.0 cm³/mol. The van der Waals surface area contributed by atoms with E-state index in [0.29, 0.717) is 5.56 Å². The third-order valence-corrected chi connectivity index (χ3v) is 5.05. The first kappa shape index (κ1) is 14.8. The summed E-state index contributed by atoms with van der Waals surface area (Å²) in [4.78, 5) is 14.7. The highest BCUT2D eigenvalue weighted by Crippen LogP contribution is 2.33. The van der Waals surface area contributed by atoms with Crippen molar-refractivity contribution in [3.05, 3.63) is 59.7 Å². The van der Waals surface area contributed by atoms with E-state index in [1.165, 1.54) is 12.1 Å². The maximum Gasteiger partial charge on any atom is 0.258 e. The van der Waals surface area contributed by atoms with Gasteiger partial charge in [-0.3, -0.25) is 4.79 Å². The summed E-state index contributed by atoms with van der Waals surface area (Å²) >= 11 is 0. The topological polar surface area (TPSA) is 54.5 Å².